The van der Waals surface area contributed by atoms with Gasteiger partial charge in [0.2, 0.25) is 5.89 Å². The molecule has 0 aliphatic carbocycles. The van der Waals surface area contributed by atoms with Crippen molar-refractivity contribution in [3.63, 3.8) is 0 Å². The Bertz CT molecular complexity index is 940. The maximum atomic E-state index is 5.33. The van der Waals surface area contributed by atoms with Crippen LogP contribution in [0.3, 0.4) is 0 Å². The molecule has 2 aromatic carbocycles. The standard InChI is InChI=1S/C21H27N5O.HI/c1-14(16-12-8-10-15-9-6-7-11-17(15)16)24-20(22-5)23-13-18-25-19(27-26-18)21(2,3)4;/h6-12,14H,13H2,1-5H3,(H2,22,23,24);1H. The number of hydrogen-bond acceptors (Lipinski definition) is 4. The number of fused-ring (bicyclic) bond motifs is 1. The average molecular weight is 493 g/mol. The van der Waals surface area contributed by atoms with Crippen LogP contribution in [0.5, 0.6) is 0 Å². The minimum absolute atomic E-state index is 0. The van der Waals surface area contributed by atoms with Gasteiger partial charge in [-0.1, -0.05) is 68.4 Å². The van der Waals surface area contributed by atoms with E-state index in [0.717, 1.165) is 0 Å². The van der Waals surface area contributed by atoms with Crippen LogP contribution in [0.4, 0.5) is 0 Å². The van der Waals surface area contributed by atoms with Crippen LogP contribution in [0.1, 0.15) is 51.0 Å². The van der Waals surface area contributed by atoms with Gasteiger partial charge in [0.25, 0.3) is 0 Å². The third kappa shape index (κ3) is 5.21. The van der Waals surface area contributed by atoms with Crippen molar-refractivity contribution in [2.75, 3.05) is 7.05 Å². The molecule has 0 radical (unpaired) electrons. The summed E-state index contributed by atoms with van der Waals surface area (Å²) in [5.74, 6) is 1.93. The Labute approximate surface area is 183 Å². The molecule has 0 bridgehead atoms. The second kappa shape index (κ2) is 9.36. The van der Waals surface area contributed by atoms with Crippen LogP contribution in [-0.4, -0.2) is 23.1 Å². The third-order valence-electron chi connectivity index (χ3n) is 4.39. The van der Waals surface area contributed by atoms with E-state index in [1.165, 1.54) is 16.3 Å². The Morgan fingerprint density at radius 1 is 1.14 bits per heavy atom. The summed E-state index contributed by atoms with van der Waals surface area (Å²) in [6.45, 7) is 8.71. The van der Waals surface area contributed by atoms with Crippen molar-refractivity contribution < 1.29 is 4.52 Å². The van der Waals surface area contributed by atoms with Gasteiger partial charge >= 0.3 is 0 Å². The first kappa shape index (κ1) is 22.1. The van der Waals surface area contributed by atoms with Crippen LogP contribution in [0, 0.1) is 0 Å². The number of guanidine groups is 1. The monoisotopic (exact) mass is 493 g/mol. The second-order valence-corrected chi connectivity index (χ2v) is 7.63. The lowest BCUT2D eigenvalue weighted by molar-refractivity contribution is 0.318. The lowest BCUT2D eigenvalue weighted by atomic mass is 9.97. The topological polar surface area (TPSA) is 75.3 Å². The van der Waals surface area contributed by atoms with E-state index in [1.807, 2.05) is 20.8 Å². The van der Waals surface area contributed by atoms with E-state index in [-0.39, 0.29) is 35.4 Å². The number of nitrogens with zero attached hydrogens (tertiary/aromatic N) is 3. The molecule has 0 aliphatic rings. The number of nitrogens with one attached hydrogen (secondary N) is 2. The molecule has 1 aromatic heterocycles. The zero-order valence-corrected chi connectivity index (χ0v) is 19.3. The highest BCUT2D eigenvalue weighted by molar-refractivity contribution is 14.0. The first-order valence-corrected chi connectivity index (χ1v) is 9.16. The van der Waals surface area contributed by atoms with Crippen molar-refractivity contribution in [3.8, 4) is 0 Å². The van der Waals surface area contributed by atoms with Gasteiger partial charge < -0.3 is 15.2 Å². The summed E-state index contributed by atoms with van der Waals surface area (Å²) in [5.41, 5.74) is 1.07. The van der Waals surface area contributed by atoms with Gasteiger partial charge in [-0.05, 0) is 23.3 Å². The largest absolute Gasteiger partial charge is 0.350 e. The fourth-order valence-corrected chi connectivity index (χ4v) is 2.90. The SMILES string of the molecule is CN=C(NCc1noc(C(C)(C)C)n1)NC(C)c1cccc2ccccc12.I. The molecule has 0 fully saturated rings. The van der Waals surface area contributed by atoms with Gasteiger partial charge in [0, 0.05) is 12.5 Å². The molecule has 2 N–H and O–H groups in total. The molecule has 0 amide bonds. The van der Waals surface area contributed by atoms with Gasteiger partial charge in [0.05, 0.1) is 12.6 Å². The van der Waals surface area contributed by atoms with E-state index < -0.39 is 0 Å². The number of halogens is 1. The van der Waals surface area contributed by atoms with Gasteiger partial charge in [0.1, 0.15) is 0 Å². The van der Waals surface area contributed by atoms with Crippen LogP contribution < -0.4 is 10.6 Å². The Morgan fingerprint density at radius 2 is 1.86 bits per heavy atom. The molecule has 0 saturated carbocycles. The first-order chi connectivity index (χ1) is 12.9. The minimum atomic E-state index is -0.159. The van der Waals surface area contributed by atoms with Crippen molar-refractivity contribution in [2.24, 2.45) is 4.99 Å². The second-order valence-electron chi connectivity index (χ2n) is 7.63. The molecule has 6 nitrogen and oxygen atoms in total. The lowest BCUT2D eigenvalue weighted by Gasteiger charge is -2.19. The summed E-state index contributed by atoms with van der Waals surface area (Å²) >= 11 is 0. The molecule has 0 saturated heterocycles. The van der Waals surface area contributed by atoms with Crippen molar-refractivity contribution in [1.29, 1.82) is 0 Å². The fraction of sp³-hybridized carbons (Fsp3) is 0.381. The van der Waals surface area contributed by atoms with Crippen molar-refractivity contribution in [3.05, 3.63) is 59.7 Å². The summed E-state index contributed by atoms with van der Waals surface area (Å²) in [7, 11) is 1.75. The van der Waals surface area contributed by atoms with E-state index in [4.69, 9.17) is 4.52 Å². The number of benzene rings is 2. The molecule has 1 heterocycles. The van der Waals surface area contributed by atoms with Gasteiger partial charge in [-0.3, -0.25) is 4.99 Å². The summed E-state index contributed by atoms with van der Waals surface area (Å²) in [6, 6.07) is 14.8. The molecule has 7 heteroatoms. The normalized spacial score (nSPS) is 13.1. The van der Waals surface area contributed by atoms with E-state index >= 15 is 0 Å². The summed E-state index contributed by atoms with van der Waals surface area (Å²) in [4.78, 5) is 8.76. The van der Waals surface area contributed by atoms with Crippen LogP contribution in [0.15, 0.2) is 52.0 Å². The summed E-state index contributed by atoms with van der Waals surface area (Å²) < 4.78 is 5.33. The quantitative estimate of drug-likeness (QED) is 0.317. The van der Waals surface area contributed by atoms with Crippen molar-refractivity contribution in [2.45, 2.75) is 45.7 Å². The van der Waals surface area contributed by atoms with Crippen LogP contribution in [0.2, 0.25) is 0 Å². The molecule has 3 rings (SSSR count). The summed E-state index contributed by atoms with van der Waals surface area (Å²) in [5, 5.41) is 13.2. The minimum Gasteiger partial charge on any atom is -0.350 e. The van der Waals surface area contributed by atoms with Crippen LogP contribution >= 0.6 is 24.0 Å². The molecule has 1 unspecified atom stereocenters. The fourth-order valence-electron chi connectivity index (χ4n) is 2.90. The van der Waals surface area contributed by atoms with E-state index in [0.29, 0.717) is 24.2 Å². The smallest absolute Gasteiger partial charge is 0.232 e. The molecule has 28 heavy (non-hydrogen) atoms. The average Bonchev–Trinajstić information content (AvgIpc) is 3.14. The van der Waals surface area contributed by atoms with Gasteiger partial charge in [0.15, 0.2) is 11.8 Å². The predicted molar refractivity (Wildman–Crippen MR) is 124 cm³/mol. The molecule has 0 spiro atoms. The van der Waals surface area contributed by atoms with Gasteiger partial charge in [-0.25, -0.2) is 0 Å². The number of aliphatic imine (C=N–C) groups is 1. The van der Waals surface area contributed by atoms with E-state index in [2.05, 4.69) is 75.2 Å². The van der Waals surface area contributed by atoms with Crippen LogP contribution in [-0.2, 0) is 12.0 Å². The highest BCUT2D eigenvalue weighted by atomic mass is 127. The predicted octanol–water partition coefficient (Wildman–Crippen LogP) is 4.56. The highest BCUT2D eigenvalue weighted by Crippen LogP contribution is 2.24. The van der Waals surface area contributed by atoms with Gasteiger partial charge in [-0.15, -0.1) is 24.0 Å². The Hall–Kier alpha value is -2.16. The Balaban J connectivity index is 0.00000280. The number of rotatable bonds is 4. The van der Waals surface area contributed by atoms with Crippen LogP contribution in [0.25, 0.3) is 10.8 Å². The first-order valence-electron chi connectivity index (χ1n) is 9.16. The molecule has 150 valence electrons. The van der Waals surface area contributed by atoms with E-state index in [9.17, 15) is 0 Å². The number of hydrogen-bond donors (Lipinski definition) is 2. The number of aromatic nitrogens is 2. The molecule has 0 aliphatic heterocycles. The highest BCUT2D eigenvalue weighted by Gasteiger charge is 2.21. The van der Waals surface area contributed by atoms with Crippen molar-refractivity contribution >= 4 is 40.7 Å². The van der Waals surface area contributed by atoms with Gasteiger partial charge in [-0.2, -0.15) is 4.98 Å². The lowest BCUT2D eigenvalue weighted by Crippen LogP contribution is -2.38. The zero-order chi connectivity index (χ0) is 19.4. The zero-order valence-electron chi connectivity index (χ0n) is 17.0. The molecule has 3 aromatic rings. The Morgan fingerprint density at radius 3 is 2.54 bits per heavy atom. The molecular weight excluding hydrogens is 465 g/mol. The molecule has 1 atom stereocenters. The Kier molecular flexibility index (Phi) is 7.40. The summed E-state index contributed by atoms with van der Waals surface area (Å²) in [6.07, 6.45) is 0. The van der Waals surface area contributed by atoms with E-state index in [1.54, 1.807) is 7.05 Å². The van der Waals surface area contributed by atoms with Crippen molar-refractivity contribution in [1.82, 2.24) is 20.8 Å². The molecular formula is C21H28IN5O. The maximum Gasteiger partial charge on any atom is 0.232 e. The third-order valence-corrected chi connectivity index (χ3v) is 4.39. The maximum absolute atomic E-state index is 5.33.